The number of amides is 2. The quantitative estimate of drug-likeness (QED) is 0.830. The molecule has 6 nitrogen and oxygen atoms in total. The van der Waals surface area contributed by atoms with Crippen molar-refractivity contribution in [2.75, 3.05) is 36.0 Å². The molecule has 2 aliphatic heterocycles. The highest BCUT2D eigenvalue weighted by atomic mass is 32.1. The zero-order valence-electron chi connectivity index (χ0n) is 12.6. The van der Waals surface area contributed by atoms with Crippen LogP contribution < -0.4 is 15.1 Å². The second-order valence-corrected chi connectivity index (χ2v) is 7.38. The van der Waals surface area contributed by atoms with Gasteiger partial charge in [-0.25, -0.2) is 9.88 Å². The molecule has 2 saturated heterocycles. The fraction of sp³-hybridized carbons (Fsp3) is 0.643. The van der Waals surface area contributed by atoms with Crippen molar-refractivity contribution in [2.45, 2.75) is 27.2 Å². The zero-order valence-corrected chi connectivity index (χ0v) is 13.4. The minimum absolute atomic E-state index is 0.118. The van der Waals surface area contributed by atoms with E-state index in [0.29, 0.717) is 5.00 Å². The molecule has 1 N–H and O–H groups in total. The van der Waals surface area contributed by atoms with Crippen LogP contribution in [0.3, 0.4) is 0 Å². The minimum atomic E-state index is -0.615. The Morgan fingerprint density at radius 2 is 1.90 bits per heavy atom. The van der Waals surface area contributed by atoms with Gasteiger partial charge in [0.25, 0.3) is 0 Å². The van der Waals surface area contributed by atoms with Crippen molar-refractivity contribution < 1.29 is 9.59 Å². The van der Waals surface area contributed by atoms with Crippen LogP contribution in [0.25, 0.3) is 0 Å². The van der Waals surface area contributed by atoms with Crippen molar-refractivity contribution in [1.29, 1.82) is 0 Å². The Hall–Kier alpha value is -1.47. The standard InChI is InChI=1S/C14H20N4O2S/c1-9-16-11(17-6-4-15-5-7-17)12(21-9)18-10(19)8-14(2,3)13(18)20/h15H,4-8H2,1-3H3. The fourth-order valence-corrected chi connectivity index (χ4v) is 3.74. The fourth-order valence-electron chi connectivity index (χ4n) is 2.79. The van der Waals surface area contributed by atoms with Gasteiger partial charge in [0.2, 0.25) is 11.8 Å². The van der Waals surface area contributed by atoms with Crippen LogP contribution in [0.1, 0.15) is 25.3 Å². The largest absolute Gasteiger partial charge is 0.352 e. The number of carbonyl (C=O) groups is 2. The summed E-state index contributed by atoms with van der Waals surface area (Å²) in [5, 5.41) is 4.87. The van der Waals surface area contributed by atoms with Crippen molar-refractivity contribution in [3.05, 3.63) is 5.01 Å². The molecule has 1 aromatic rings. The van der Waals surface area contributed by atoms with Crippen molar-refractivity contribution in [3.63, 3.8) is 0 Å². The number of rotatable bonds is 2. The highest BCUT2D eigenvalue weighted by Crippen LogP contribution is 2.42. The number of piperazine rings is 1. The lowest BCUT2D eigenvalue weighted by molar-refractivity contribution is -0.124. The summed E-state index contributed by atoms with van der Waals surface area (Å²) in [7, 11) is 0. The topological polar surface area (TPSA) is 65.5 Å². The Morgan fingerprint density at radius 1 is 1.24 bits per heavy atom. The Morgan fingerprint density at radius 3 is 2.48 bits per heavy atom. The van der Waals surface area contributed by atoms with Gasteiger partial charge in [-0.05, 0) is 6.92 Å². The molecule has 1 aromatic heterocycles. The molecular formula is C14H20N4O2S. The third-order valence-electron chi connectivity index (χ3n) is 3.94. The van der Waals surface area contributed by atoms with Gasteiger partial charge in [-0.2, -0.15) is 0 Å². The molecule has 0 unspecified atom stereocenters. The van der Waals surface area contributed by atoms with Crippen LogP contribution >= 0.6 is 11.3 Å². The Balaban J connectivity index is 1.99. The molecule has 0 atom stereocenters. The molecule has 0 spiro atoms. The van der Waals surface area contributed by atoms with Gasteiger partial charge in [0.15, 0.2) is 5.82 Å². The minimum Gasteiger partial charge on any atom is -0.352 e. The summed E-state index contributed by atoms with van der Waals surface area (Å²) >= 11 is 1.42. The number of carbonyl (C=O) groups excluding carboxylic acids is 2. The van der Waals surface area contributed by atoms with Crippen molar-refractivity contribution in [3.8, 4) is 0 Å². The van der Waals surface area contributed by atoms with E-state index in [-0.39, 0.29) is 18.2 Å². The van der Waals surface area contributed by atoms with Crippen LogP contribution in [0.2, 0.25) is 0 Å². The van der Waals surface area contributed by atoms with Crippen LogP contribution in [0.4, 0.5) is 10.8 Å². The van der Waals surface area contributed by atoms with E-state index >= 15 is 0 Å². The number of thiazole rings is 1. The number of imide groups is 1. The van der Waals surface area contributed by atoms with Gasteiger partial charge in [0.1, 0.15) is 5.00 Å². The summed E-state index contributed by atoms with van der Waals surface area (Å²) in [6.07, 6.45) is 0.268. The van der Waals surface area contributed by atoms with Crippen LogP contribution in [-0.2, 0) is 9.59 Å². The Bertz CT molecular complexity index is 590. The number of hydrogen-bond donors (Lipinski definition) is 1. The summed E-state index contributed by atoms with van der Waals surface area (Å²) in [5.41, 5.74) is -0.615. The highest BCUT2D eigenvalue weighted by Gasteiger charge is 2.47. The molecular weight excluding hydrogens is 288 g/mol. The van der Waals surface area contributed by atoms with E-state index in [4.69, 9.17) is 0 Å². The first-order valence-electron chi connectivity index (χ1n) is 7.20. The molecule has 2 fully saturated rings. The average molecular weight is 308 g/mol. The summed E-state index contributed by atoms with van der Waals surface area (Å²) in [5.74, 6) is 0.538. The van der Waals surface area contributed by atoms with Crippen molar-refractivity contribution in [1.82, 2.24) is 10.3 Å². The molecule has 0 aromatic carbocycles. The third-order valence-corrected chi connectivity index (χ3v) is 4.89. The van der Waals surface area contributed by atoms with E-state index in [1.165, 1.54) is 16.2 Å². The van der Waals surface area contributed by atoms with E-state index in [2.05, 4.69) is 15.2 Å². The van der Waals surface area contributed by atoms with Gasteiger partial charge in [-0.15, -0.1) is 0 Å². The number of aromatic nitrogens is 1. The van der Waals surface area contributed by atoms with E-state index in [9.17, 15) is 9.59 Å². The maximum absolute atomic E-state index is 12.5. The molecule has 114 valence electrons. The lowest BCUT2D eigenvalue weighted by atomic mass is 9.92. The predicted octanol–water partition coefficient (Wildman–Crippen LogP) is 1.15. The van der Waals surface area contributed by atoms with Gasteiger partial charge < -0.3 is 10.2 Å². The number of anilines is 2. The first-order chi connectivity index (χ1) is 9.90. The molecule has 2 aliphatic rings. The average Bonchev–Trinajstić information content (AvgIpc) is 2.89. The van der Waals surface area contributed by atoms with Crippen LogP contribution in [-0.4, -0.2) is 43.0 Å². The van der Waals surface area contributed by atoms with Gasteiger partial charge in [0, 0.05) is 32.6 Å². The zero-order chi connectivity index (χ0) is 15.2. The van der Waals surface area contributed by atoms with E-state index < -0.39 is 5.41 Å². The van der Waals surface area contributed by atoms with Gasteiger partial charge in [0.05, 0.1) is 10.4 Å². The van der Waals surface area contributed by atoms with E-state index in [1.54, 1.807) is 0 Å². The predicted molar refractivity (Wildman–Crippen MR) is 82.8 cm³/mol. The number of aryl methyl sites for hydroxylation is 1. The first kappa shape index (κ1) is 14.5. The van der Waals surface area contributed by atoms with E-state index in [0.717, 1.165) is 37.0 Å². The monoisotopic (exact) mass is 308 g/mol. The van der Waals surface area contributed by atoms with Crippen LogP contribution in [0.5, 0.6) is 0 Å². The number of nitrogens with one attached hydrogen (secondary N) is 1. The van der Waals surface area contributed by atoms with Crippen molar-refractivity contribution in [2.24, 2.45) is 5.41 Å². The molecule has 0 bridgehead atoms. The second kappa shape index (κ2) is 5.06. The molecule has 0 aliphatic carbocycles. The maximum atomic E-state index is 12.5. The van der Waals surface area contributed by atoms with Gasteiger partial charge in [-0.1, -0.05) is 25.2 Å². The second-order valence-electron chi connectivity index (χ2n) is 6.19. The summed E-state index contributed by atoms with van der Waals surface area (Å²) in [6.45, 7) is 9.03. The molecule has 0 saturated carbocycles. The van der Waals surface area contributed by atoms with Gasteiger partial charge in [-0.3, -0.25) is 9.59 Å². The SMILES string of the molecule is Cc1nc(N2CCNCC2)c(N2C(=O)CC(C)(C)C2=O)s1. The molecule has 3 rings (SSSR count). The Labute approximate surface area is 128 Å². The summed E-state index contributed by atoms with van der Waals surface area (Å²) < 4.78 is 0. The molecule has 3 heterocycles. The lowest BCUT2D eigenvalue weighted by Gasteiger charge is -2.29. The van der Waals surface area contributed by atoms with Gasteiger partial charge >= 0.3 is 0 Å². The maximum Gasteiger partial charge on any atom is 0.240 e. The molecule has 7 heteroatoms. The summed E-state index contributed by atoms with van der Waals surface area (Å²) in [4.78, 5) is 32.9. The highest BCUT2D eigenvalue weighted by molar-refractivity contribution is 7.16. The van der Waals surface area contributed by atoms with Crippen LogP contribution in [0, 0.1) is 12.3 Å². The summed E-state index contributed by atoms with van der Waals surface area (Å²) in [6, 6.07) is 0. The smallest absolute Gasteiger partial charge is 0.240 e. The number of nitrogens with zero attached hydrogens (tertiary/aromatic N) is 3. The van der Waals surface area contributed by atoms with E-state index in [1.807, 2.05) is 20.8 Å². The van der Waals surface area contributed by atoms with Crippen LogP contribution in [0.15, 0.2) is 0 Å². The molecule has 2 amide bonds. The third kappa shape index (κ3) is 2.44. The van der Waals surface area contributed by atoms with Crippen molar-refractivity contribution >= 4 is 34.0 Å². The normalized spacial score (nSPS) is 22.2. The number of hydrogen-bond acceptors (Lipinski definition) is 6. The lowest BCUT2D eigenvalue weighted by Crippen LogP contribution is -2.44. The first-order valence-corrected chi connectivity index (χ1v) is 8.02. The Kier molecular flexibility index (Phi) is 3.49. The molecule has 0 radical (unpaired) electrons. The molecule has 21 heavy (non-hydrogen) atoms.